The summed E-state index contributed by atoms with van der Waals surface area (Å²) in [4.78, 5) is 14.7. The van der Waals surface area contributed by atoms with Crippen LogP contribution in [0.25, 0.3) is 0 Å². The molecular weight excluding hydrogens is 386 g/mol. The van der Waals surface area contributed by atoms with E-state index in [1.165, 1.54) is 0 Å². The Morgan fingerprint density at radius 2 is 1.61 bits per heavy atom. The van der Waals surface area contributed by atoms with Crippen LogP contribution in [0.1, 0.15) is 54.1 Å². The van der Waals surface area contributed by atoms with Crippen molar-refractivity contribution in [2.75, 3.05) is 19.6 Å². The van der Waals surface area contributed by atoms with Crippen LogP contribution in [0.4, 0.5) is 26.3 Å². The number of alkyl halides is 6. The Balaban J connectivity index is 1.72. The average Bonchev–Trinajstić information content (AvgIpc) is 3.26. The fourth-order valence-electron chi connectivity index (χ4n) is 3.97. The predicted molar refractivity (Wildman–Crippen MR) is 90.7 cm³/mol. The number of amides is 1. The minimum Gasteiger partial charge on any atom is -0.349 e. The number of carbonyl (C=O) groups is 1. The Kier molecular flexibility index (Phi) is 5.42. The molecule has 1 aromatic carbocycles. The number of rotatable bonds is 4. The van der Waals surface area contributed by atoms with E-state index in [9.17, 15) is 31.1 Å². The number of halogens is 6. The molecule has 1 aromatic rings. The van der Waals surface area contributed by atoms with Crippen molar-refractivity contribution in [3.8, 4) is 0 Å². The van der Waals surface area contributed by atoms with E-state index in [0.717, 1.165) is 38.9 Å². The standard InChI is InChI=1S/C19H22F6N2O/c1-2-5-27-6-3-17(4-7-27)11-15(17)26-16(28)12-8-13(18(20,21)22)10-14(9-12)19(23,24)25/h8-10,15H,2-7,11H2,1H3,(H,26,28)/t15-/m1/s1. The molecule has 1 atom stereocenters. The van der Waals surface area contributed by atoms with Crippen molar-refractivity contribution < 1.29 is 31.1 Å². The molecule has 1 spiro atoms. The summed E-state index contributed by atoms with van der Waals surface area (Å²) in [6.07, 6.45) is -6.44. The lowest BCUT2D eigenvalue weighted by Gasteiger charge is -2.32. The van der Waals surface area contributed by atoms with E-state index in [1.807, 2.05) is 0 Å². The summed E-state index contributed by atoms with van der Waals surface area (Å²) < 4.78 is 77.7. The summed E-state index contributed by atoms with van der Waals surface area (Å²) in [5.41, 5.74) is -3.65. The Bertz CT molecular complexity index is 703. The molecule has 0 aromatic heterocycles. The fourth-order valence-corrected chi connectivity index (χ4v) is 3.97. The maximum atomic E-state index is 13.0. The second-order valence-electron chi connectivity index (χ2n) is 7.73. The molecule has 9 heteroatoms. The number of nitrogens with zero attached hydrogens (tertiary/aromatic N) is 1. The van der Waals surface area contributed by atoms with Crippen LogP contribution < -0.4 is 5.32 Å². The van der Waals surface area contributed by atoms with Gasteiger partial charge in [-0.2, -0.15) is 26.3 Å². The molecule has 0 bridgehead atoms. The lowest BCUT2D eigenvalue weighted by molar-refractivity contribution is -0.143. The van der Waals surface area contributed by atoms with Gasteiger partial charge in [0.05, 0.1) is 11.1 Å². The molecular formula is C19H22F6N2O. The van der Waals surface area contributed by atoms with E-state index in [-0.39, 0.29) is 17.5 Å². The van der Waals surface area contributed by atoms with E-state index in [0.29, 0.717) is 18.6 Å². The summed E-state index contributed by atoms with van der Waals surface area (Å²) in [6.45, 7) is 4.87. The molecule has 156 valence electrons. The number of piperidine rings is 1. The SMILES string of the molecule is CCCN1CCC2(CC1)C[C@H]2NC(=O)c1cc(C(F)(F)F)cc(C(F)(F)F)c1. The van der Waals surface area contributed by atoms with Gasteiger partial charge in [0.2, 0.25) is 0 Å². The number of benzene rings is 1. The molecule has 1 saturated heterocycles. The maximum Gasteiger partial charge on any atom is 0.416 e. The molecule has 28 heavy (non-hydrogen) atoms. The van der Waals surface area contributed by atoms with Gasteiger partial charge in [-0.1, -0.05) is 6.92 Å². The van der Waals surface area contributed by atoms with Crippen LogP contribution in [0.15, 0.2) is 18.2 Å². The molecule has 1 aliphatic carbocycles. The smallest absolute Gasteiger partial charge is 0.349 e. The first kappa shape index (κ1) is 21.0. The van der Waals surface area contributed by atoms with Gasteiger partial charge in [-0.05, 0) is 68.9 Å². The largest absolute Gasteiger partial charge is 0.416 e. The molecule has 1 saturated carbocycles. The van der Waals surface area contributed by atoms with Crippen LogP contribution in [0.5, 0.6) is 0 Å². The highest BCUT2D eigenvalue weighted by Crippen LogP contribution is 2.54. The minimum absolute atomic E-state index is 0.0266. The molecule has 0 radical (unpaired) electrons. The van der Waals surface area contributed by atoms with E-state index < -0.39 is 35.0 Å². The molecule has 0 unspecified atom stereocenters. The van der Waals surface area contributed by atoms with Gasteiger partial charge in [-0.15, -0.1) is 0 Å². The van der Waals surface area contributed by atoms with Gasteiger partial charge in [0.15, 0.2) is 0 Å². The van der Waals surface area contributed by atoms with Crippen LogP contribution in [0.3, 0.4) is 0 Å². The zero-order valence-corrected chi connectivity index (χ0v) is 15.4. The third-order valence-electron chi connectivity index (χ3n) is 5.74. The molecule has 1 amide bonds. The fraction of sp³-hybridized carbons (Fsp3) is 0.632. The molecule has 3 rings (SSSR count). The van der Waals surface area contributed by atoms with Gasteiger partial charge in [0.25, 0.3) is 5.91 Å². The number of hydrogen-bond acceptors (Lipinski definition) is 2. The van der Waals surface area contributed by atoms with Gasteiger partial charge in [0.1, 0.15) is 0 Å². The molecule has 3 nitrogen and oxygen atoms in total. The average molecular weight is 408 g/mol. The highest BCUT2D eigenvalue weighted by Gasteiger charge is 2.55. The van der Waals surface area contributed by atoms with Crippen LogP contribution >= 0.6 is 0 Å². The van der Waals surface area contributed by atoms with Gasteiger partial charge < -0.3 is 10.2 Å². The second-order valence-corrected chi connectivity index (χ2v) is 7.73. The molecule has 1 N–H and O–H groups in total. The lowest BCUT2D eigenvalue weighted by atomic mass is 9.92. The Hall–Kier alpha value is -1.77. The van der Waals surface area contributed by atoms with Gasteiger partial charge in [0, 0.05) is 11.6 Å². The monoisotopic (exact) mass is 408 g/mol. The van der Waals surface area contributed by atoms with Crippen LogP contribution in [0, 0.1) is 5.41 Å². The quantitative estimate of drug-likeness (QED) is 0.732. The third kappa shape index (κ3) is 4.45. The van der Waals surface area contributed by atoms with E-state index in [4.69, 9.17) is 0 Å². The third-order valence-corrected chi connectivity index (χ3v) is 5.74. The lowest BCUT2D eigenvalue weighted by Crippen LogP contribution is -2.39. The predicted octanol–water partition coefficient (Wildman–Crippen LogP) is 4.72. The Labute approximate surface area is 159 Å². The molecule has 2 fully saturated rings. The highest BCUT2D eigenvalue weighted by atomic mass is 19.4. The highest BCUT2D eigenvalue weighted by molar-refractivity contribution is 5.95. The van der Waals surface area contributed by atoms with Crippen molar-refractivity contribution in [3.63, 3.8) is 0 Å². The summed E-state index contributed by atoms with van der Waals surface area (Å²) in [5, 5.41) is 2.64. The topological polar surface area (TPSA) is 32.3 Å². The molecule has 1 aliphatic heterocycles. The number of hydrogen-bond donors (Lipinski definition) is 1. The maximum absolute atomic E-state index is 13.0. The number of nitrogens with one attached hydrogen (secondary N) is 1. The summed E-state index contributed by atoms with van der Waals surface area (Å²) in [6, 6.07) is 0.777. The molecule has 1 heterocycles. The van der Waals surface area contributed by atoms with Crippen LogP contribution in [-0.4, -0.2) is 36.5 Å². The van der Waals surface area contributed by atoms with Gasteiger partial charge >= 0.3 is 12.4 Å². The minimum atomic E-state index is -4.97. The van der Waals surface area contributed by atoms with Crippen molar-refractivity contribution in [1.29, 1.82) is 0 Å². The van der Waals surface area contributed by atoms with E-state index in [2.05, 4.69) is 17.1 Å². The second kappa shape index (κ2) is 7.24. The number of carbonyl (C=O) groups excluding carboxylic acids is 1. The zero-order valence-electron chi connectivity index (χ0n) is 15.4. The van der Waals surface area contributed by atoms with E-state index in [1.54, 1.807) is 0 Å². The summed E-state index contributed by atoms with van der Waals surface area (Å²) in [5.74, 6) is -0.894. The van der Waals surface area contributed by atoms with Crippen molar-refractivity contribution >= 4 is 5.91 Å². The number of likely N-dealkylation sites (tertiary alicyclic amines) is 1. The first-order valence-electron chi connectivity index (χ1n) is 9.27. The zero-order chi connectivity index (χ0) is 20.7. The van der Waals surface area contributed by atoms with Crippen LogP contribution in [0.2, 0.25) is 0 Å². The summed E-state index contributed by atoms with van der Waals surface area (Å²) in [7, 11) is 0. The van der Waals surface area contributed by atoms with Crippen molar-refractivity contribution in [2.24, 2.45) is 5.41 Å². The summed E-state index contributed by atoms with van der Waals surface area (Å²) >= 11 is 0. The Morgan fingerprint density at radius 3 is 2.07 bits per heavy atom. The first-order valence-corrected chi connectivity index (χ1v) is 9.27. The normalized spacial score (nSPS) is 22.3. The van der Waals surface area contributed by atoms with E-state index >= 15 is 0 Å². The Morgan fingerprint density at radius 1 is 1.07 bits per heavy atom. The van der Waals surface area contributed by atoms with Gasteiger partial charge in [-0.3, -0.25) is 4.79 Å². The van der Waals surface area contributed by atoms with Crippen molar-refractivity contribution in [2.45, 2.75) is 51.0 Å². The van der Waals surface area contributed by atoms with Crippen molar-refractivity contribution in [3.05, 3.63) is 34.9 Å². The van der Waals surface area contributed by atoms with Crippen LogP contribution in [-0.2, 0) is 12.4 Å². The van der Waals surface area contributed by atoms with Crippen molar-refractivity contribution in [1.82, 2.24) is 10.2 Å². The first-order chi connectivity index (χ1) is 12.9. The molecule has 2 aliphatic rings. The van der Waals surface area contributed by atoms with Gasteiger partial charge in [-0.25, -0.2) is 0 Å².